The van der Waals surface area contributed by atoms with E-state index in [1.54, 1.807) is 26.0 Å². The first-order chi connectivity index (χ1) is 12.5. The molecule has 1 saturated heterocycles. The molecule has 138 valence electrons. The Morgan fingerprint density at radius 2 is 1.88 bits per heavy atom. The van der Waals surface area contributed by atoms with Crippen molar-refractivity contribution in [2.75, 3.05) is 31.8 Å². The van der Waals surface area contributed by atoms with Crippen molar-refractivity contribution in [3.05, 3.63) is 53.1 Å². The van der Waals surface area contributed by atoms with Crippen LogP contribution < -0.4 is 14.8 Å². The third-order valence-electron chi connectivity index (χ3n) is 4.57. The molecule has 0 spiro atoms. The van der Waals surface area contributed by atoms with Crippen LogP contribution in [0.3, 0.4) is 0 Å². The van der Waals surface area contributed by atoms with Gasteiger partial charge in [0.2, 0.25) is 0 Å². The Labute approximate surface area is 158 Å². The van der Waals surface area contributed by atoms with Gasteiger partial charge in [-0.1, -0.05) is 18.2 Å². The Morgan fingerprint density at radius 3 is 2.54 bits per heavy atom. The summed E-state index contributed by atoms with van der Waals surface area (Å²) < 4.78 is 10.9. The number of nitrogens with one attached hydrogen (secondary N) is 1. The Kier molecular flexibility index (Phi) is 5.61. The molecule has 1 aliphatic heterocycles. The number of carbonyl (C=O) groups is 1. The molecule has 1 heterocycles. The van der Waals surface area contributed by atoms with Crippen molar-refractivity contribution in [3.63, 3.8) is 0 Å². The fraction of sp³-hybridized carbons (Fsp3) is 0.350. The van der Waals surface area contributed by atoms with Gasteiger partial charge in [0.1, 0.15) is 16.9 Å². The largest absolute Gasteiger partial charge is 0.497 e. The average molecular weight is 372 g/mol. The highest BCUT2D eigenvalue weighted by Crippen LogP contribution is 2.43. The van der Waals surface area contributed by atoms with Gasteiger partial charge >= 0.3 is 6.03 Å². The number of ether oxygens (including phenoxy) is 2. The predicted molar refractivity (Wildman–Crippen MR) is 106 cm³/mol. The summed E-state index contributed by atoms with van der Waals surface area (Å²) in [6.45, 7) is 4.69. The molecule has 0 saturated carbocycles. The molecule has 6 heteroatoms. The average Bonchev–Trinajstić information content (AvgIpc) is 3.14. The maximum Gasteiger partial charge on any atom is 0.323 e. The summed E-state index contributed by atoms with van der Waals surface area (Å²) in [5.74, 6) is 2.39. The van der Waals surface area contributed by atoms with E-state index in [1.807, 2.05) is 55.1 Å². The molecule has 0 aliphatic carbocycles. The third-order valence-corrected chi connectivity index (χ3v) is 5.81. The van der Waals surface area contributed by atoms with Crippen LogP contribution >= 0.6 is 11.8 Å². The SMILES string of the molecule is COc1ccc(OC)c([C@H]2SCCN2C(=O)Nc2c(C)cccc2C)c1. The highest BCUT2D eigenvalue weighted by atomic mass is 32.2. The fourth-order valence-electron chi connectivity index (χ4n) is 3.16. The second kappa shape index (κ2) is 7.91. The topological polar surface area (TPSA) is 50.8 Å². The standard InChI is InChI=1S/C20H24N2O3S/c1-13-6-5-7-14(2)18(13)21-20(23)22-10-11-26-19(22)16-12-15(24-3)8-9-17(16)25-4/h5-9,12,19H,10-11H2,1-4H3,(H,21,23)/t19-/m1/s1. The van der Waals surface area contributed by atoms with Crippen LogP contribution in [0.4, 0.5) is 10.5 Å². The first-order valence-corrected chi connectivity index (χ1v) is 9.57. The van der Waals surface area contributed by atoms with Gasteiger partial charge < -0.3 is 19.7 Å². The van der Waals surface area contributed by atoms with E-state index in [1.165, 1.54) is 0 Å². The van der Waals surface area contributed by atoms with E-state index < -0.39 is 0 Å². The lowest BCUT2D eigenvalue weighted by Crippen LogP contribution is -2.34. The van der Waals surface area contributed by atoms with Crippen molar-refractivity contribution < 1.29 is 14.3 Å². The number of benzene rings is 2. The van der Waals surface area contributed by atoms with Crippen LogP contribution in [0.1, 0.15) is 22.1 Å². The number of amides is 2. The van der Waals surface area contributed by atoms with Gasteiger partial charge in [0.15, 0.2) is 0 Å². The van der Waals surface area contributed by atoms with E-state index >= 15 is 0 Å². The van der Waals surface area contributed by atoms with E-state index in [0.717, 1.165) is 39.6 Å². The molecule has 1 N–H and O–H groups in total. The van der Waals surface area contributed by atoms with Gasteiger partial charge in [-0.3, -0.25) is 0 Å². The molecular weight excluding hydrogens is 348 g/mol. The molecule has 0 unspecified atom stereocenters. The molecular formula is C20H24N2O3S. The van der Waals surface area contributed by atoms with Gasteiger partial charge in [0, 0.05) is 23.5 Å². The minimum Gasteiger partial charge on any atom is -0.497 e. The number of urea groups is 1. The lowest BCUT2D eigenvalue weighted by Gasteiger charge is -2.26. The van der Waals surface area contributed by atoms with E-state index in [9.17, 15) is 4.79 Å². The van der Waals surface area contributed by atoms with Crippen molar-refractivity contribution >= 4 is 23.5 Å². The summed E-state index contributed by atoms with van der Waals surface area (Å²) in [7, 11) is 3.28. The Bertz CT molecular complexity index is 789. The summed E-state index contributed by atoms with van der Waals surface area (Å²) in [4.78, 5) is 14.8. The van der Waals surface area contributed by atoms with E-state index in [-0.39, 0.29) is 11.4 Å². The van der Waals surface area contributed by atoms with Crippen molar-refractivity contribution in [3.8, 4) is 11.5 Å². The molecule has 3 rings (SSSR count). The number of nitrogens with zero attached hydrogens (tertiary/aromatic N) is 1. The van der Waals surface area contributed by atoms with Gasteiger partial charge in [0.25, 0.3) is 0 Å². The molecule has 2 amide bonds. The van der Waals surface area contributed by atoms with Crippen LogP contribution in [0.15, 0.2) is 36.4 Å². The molecule has 2 aromatic rings. The summed E-state index contributed by atoms with van der Waals surface area (Å²) in [6.07, 6.45) is 0. The van der Waals surface area contributed by atoms with Crippen LogP contribution in [0.2, 0.25) is 0 Å². The van der Waals surface area contributed by atoms with Gasteiger partial charge in [-0.15, -0.1) is 11.8 Å². The smallest absolute Gasteiger partial charge is 0.323 e. The first-order valence-electron chi connectivity index (χ1n) is 8.52. The number of carbonyl (C=O) groups excluding carboxylic acids is 1. The van der Waals surface area contributed by atoms with Gasteiger partial charge in [0.05, 0.1) is 14.2 Å². The minimum absolute atomic E-state index is 0.0951. The molecule has 0 radical (unpaired) electrons. The Morgan fingerprint density at radius 1 is 1.15 bits per heavy atom. The fourth-order valence-corrected chi connectivity index (χ4v) is 4.43. The molecule has 1 aliphatic rings. The molecule has 5 nitrogen and oxygen atoms in total. The molecule has 0 aromatic heterocycles. The van der Waals surface area contributed by atoms with Crippen LogP contribution in [0.25, 0.3) is 0 Å². The maximum absolute atomic E-state index is 13.0. The van der Waals surface area contributed by atoms with Crippen LogP contribution in [-0.4, -0.2) is 37.4 Å². The summed E-state index contributed by atoms with van der Waals surface area (Å²) in [5.41, 5.74) is 3.94. The second-order valence-electron chi connectivity index (χ2n) is 6.22. The van der Waals surface area contributed by atoms with Crippen LogP contribution in [0.5, 0.6) is 11.5 Å². The number of hydrogen-bond acceptors (Lipinski definition) is 4. The number of anilines is 1. The van der Waals surface area contributed by atoms with Crippen molar-refractivity contribution in [1.29, 1.82) is 0 Å². The summed E-state index contributed by atoms with van der Waals surface area (Å²) in [5, 5.41) is 2.98. The quantitative estimate of drug-likeness (QED) is 0.852. The zero-order valence-electron chi connectivity index (χ0n) is 15.5. The first kappa shape index (κ1) is 18.5. The third kappa shape index (κ3) is 3.60. The normalized spacial score (nSPS) is 16.5. The van der Waals surface area contributed by atoms with Gasteiger partial charge in [-0.05, 0) is 43.2 Å². The number of aryl methyl sites for hydroxylation is 2. The number of thioether (sulfide) groups is 1. The molecule has 1 fully saturated rings. The molecule has 2 aromatic carbocycles. The highest BCUT2D eigenvalue weighted by molar-refractivity contribution is 7.99. The summed E-state index contributed by atoms with van der Waals surface area (Å²) in [6, 6.07) is 11.6. The zero-order chi connectivity index (χ0) is 18.7. The maximum atomic E-state index is 13.0. The Hall–Kier alpha value is -2.34. The molecule has 1 atom stereocenters. The number of methoxy groups -OCH3 is 2. The minimum atomic E-state index is -0.107. The monoisotopic (exact) mass is 372 g/mol. The number of hydrogen-bond donors (Lipinski definition) is 1. The number of rotatable bonds is 4. The zero-order valence-corrected chi connectivity index (χ0v) is 16.4. The summed E-state index contributed by atoms with van der Waals surface area (Å²) >= 11 is 1.73. The van der Waals surface area contributed by atoms with Gasteiger partial charge in [-0.2, -0.15) is 0 Å². The Balaban J connectivity index is 1.88. The highest BCUT2D eigenvalue weighted by Gasteiger charge is 2.33. The van der Waals surface area contributed by atoms with Gasteiger partial charge in [-0.25, -0.2) is 4.79 Å². The van der Waals surface area contributed by atoms with E-state index in [2.05, 4.69) is 5.32 Å². The van der Waals surface area contributed by atoms with Crippen molar-refractivity contribution in [1.82, 2.24) is 4.90 Å². The van der Waals surface area contributed by atoms with E-state index in [0.29, 0.717) is 6.54 Å². The van der Waals surface area contributed by atoms with Crippen molar-refractivity contribution in [2.24, 2.45) is 0 Å². The van der Waals surface area contributed by atoms with E-state index in [4.69, 9.17) is 9.47 Å². The number of para-hydroxylation sites is 1. The lowest BCUT2D eigenvalue weighted by atomic mass is 10.1. The lowest BCUT2D eigenvalue weighted by molar-refractivity contribution is 0.213. The van der Waals surface area contributed by atoms with Crippen LogP contribution in [-0.2, 0) is 0 Å². The van der Waals surface area contributed by atoms with Crippen LogP contribution in [0, 0.1) is 13.8 Å². The predicted octanol–water partition coefficient (Wildman–Crippen LogP) is 4.60. The molecule has 26 heavy (non-hydrogen) atoms. The molecule has 0 bridgehead atoms. The second-order valence-corrected chi connectivity index (χ2v) is 7.41. The van der Waals surface area contributed by atoms with Crippen molar-refractivity contribution in [2.45, 2.75) is 19.2 Å².